The minimum Gasteiger partial charge on any atom is -0.393 e. The maximum absolute atomic E-state index is 9.91. The SMILES string of the molecule is CC1CN2CCCC2CN1CCC1CCCC1O. The van der Waals surface area contributed by atoms with Gasteiger partial charge in [-0.3, -0.25) is 9.80 Å². The summed E-state index contributed by atoms with van der Waals surface area (Å²) in [6.45, 7) is 7.43. The maximum Gasteiger partial charge on any atom is 0.0568 e. The standard InChI is InChI=1S/C15H28N2O/c1-12-10-17-8-3-5-14(17)11-16(12)9-7-13-4-2-6-15(13)18/h12-15,18H,2-11H2,1H3. The summed E-state index contributed by atoms with van der Waals surface area (Å²) in [5.74, 6) is 0.582. The van der Waals surface area contributed by atoms with Gasteiger partial charge in [0.25, 0.3) is 0 Å². The van der Waals surface area contributed by atoms with Gasteiger partial charge in [0.15, 0.2) is 0 Å². The minimum absolute atomic E-state index is 0.00641. The summed E-state index contributed by atoms with van der Waals surface area (Å²) in [7, 11) is 0. The molecule has 2 aliphatic heterocycles. The van der Waals surface area contributed by atoms with Crippen molar-refractivity contribution in [2.24, 2.45) is 5.92 Å². The molecular weight excluding hydrogens is 224 g/mol. The smallest absolute Gasteiger partial charge is 0.0568 e. The van der Waals surface area contributed by atoms with Crippen LogP contribution in [0.1, 0.15) is 45.4 Å². The van der Waals surface area contributed by atoms with Gasteiger partial charge in [0.05, 0.1) is 6.10 Å². The second kappa shape index (κ2) is 5.48. The molecule has 18 heavy (non-hydrogen) atoms. The summed E-state index contributed by atoms with van der Waals surface area (Å²) in [5.41, 5.74) is 0. The molecule has 4 unspecified atom stereocenters. The normalized spacial score (nSPS) is 42.3. The molecule has 4 atom stereocenters. The van der Waals surface area contributed by atoms with E-state index in [4.69, 9.17) is 0 Å². The topological polar surface area (TPSA) is 26.7 Å². The molecule has 0 aromatic rings. The number of aliphatic hydroxyl groups excluding tert-OH is 1. The second-order valence-corrected chi connectivity index (χ2v) is 6.68. The highest BCUT2D eigenvalue weighted by molar-refractivity contribution is 4.91. The van der Waals surface area contributed by atoms with Crippen LogP contribution in [0.5, 0.6) is 0 Å². The van der Waals surface area contributed by atoms with E-state index in [1.54, 1.807) is 0 Å². The lowest BCUT2D eigenvalue weighted by atomic mass is 10.00. The van der Waals surface area contributed by atoms with Crippen LogP contribution in [0.4, 0.5) is 0 Å². The fourth-order valence-corrected chi connectivity index (χ4v) is 4.25. The molecule has 0 radical (unpaired) electrons. The number of aliphatic hydroxyl groups is 1. The summed E-state index contributed by atoms with van der Waals surface area (Å²) in [6, 6.07) is 1.53. The molecule has 1 N–H and O–H groups in total. The van der Waals surface area contributed by atoms with Gasteiger partial charge in [0, 0.05) is 25.2 Å². The molecule has 0 spiro atoms. The Balaban J connectivity index is 1.49. The van der Waals surface area contributed by atoms with Gasteiger partial charge in [-0.2, -0.15) is 0 Å². The first kappa shape index (κ1) is 12.9. The zero-order chi connectivity index (χ0) is 12.5. The summed E-state index contributed by atoms with van der Waals surface area (Å²) in [4.78, 5) is 5.36. The number of hydrogen-bond donors (Lipinski definition) is 1. The summed E-state index contributed by atoms with van der Waals surface area (Å²) in [6.07, 6.45) is 7.51. The lowest BCUT2D eigenvalue weighted by molar-refractivity contribution is 0.0475. The van der Waals surface area contributed by atoms with Crippen molar-refractivity contribution in [1.82, 2.24) is 9.80 Å². The Hall–Kier alpha value is -0.120. The van der Waals surface area contributed by atoms with E-state index in [1.165, 1.54) is 58.3 Å². The molecule has 0 aromatic heterocycles. The van der Waals surface area contributed by atoms with E-state index >= 15 is 0 Å². The number of hydrogen-bond acceptors (Lipinski definition) is 3. The van der Waals surface area contributed by atoms with Crippen molar-refractivity contribution < 1.29 is 5.11 Å². The van der Waals surface area contributed by atoms with E-state index in [9.17, 15) is 5.11 Å². The Morgan fingerprint density at radius 1 is 1.11 bits per heavy atom. The van der Waals surface area contributed by atoms with Gasteiger partial charge >= 0.3 is 0 Å². The monoisotopic (exact) mass is 252 g/mol. The molecule has 0 bridgehead atoms. The molecule has 1 saturated carbocycles. The highest BCUT2D eigenvalue weighted by Crippen LogP contribution is 2.30. The van der Waals surface area contributed by atoms with E-state index in [-0.39, 0.29) is 6.10 Å². The predicted molar refractivity (Wildman–Crippen MR) is 73.6 cm³/mol. The third kappa shape index (κ3) is 2.59. The van der Waals surface area contributed by atoms with E-state index < -0.39 is 0 Å². The second-order valence-electron chi connectivity index (χ2n) is 6.68. The van der Waals surface area contributed by atoms with Crippen LogP contribution in [0.3, 0.4) is 0 Å². The Morgan fingerprint density at radius 2 is 2.00 bits per heavy atom. The van der Waals surface area contributed by atoms with Gasteiger partial charge in [-0.25, -0.2) is 0 Å². The third-order valence-corrected chi connectivity index (χ3v) is 5.47. The van der Waals surface area contributed by atoms with Crippen molar-refractivity contribution in [3.8, 4) is 0 Å². The summed E-state index contributed by atoms with van der Waals surface area (Å²) >= 11 is 0. The molecule has 3 rings (SSSR count). The first-order valence-corrected chi connectivity index (χ1v) is 7.90. The molecule has 3 fully saturated rings. The van der Waals surface area contributed by atoms with Gasteiger partial charge < -0.3 is 5.11 Å². The third-order valence-electron chi connectivity index (χ3n) is 5.47. The molecule has 3 aliphatic rings. The highest BCUT2D eigenvalue weighted by Gasteiger charge is 2.34. The van der Waals surface area contributed by atoms with Gasteiger partial charge in [0.1, 0.15) is 0 Å². The van der Waals surface area contributed by atoms with Gasteiger partial charge in [-0.1, -0.05) is 6.42 Å². The first-order valence-electron chi connectivity index (χ1n) is 7.90. The molecule has 3 nitrogen and oxygen atoms in total. The van der Waals surface area contributed by atoms with Gasteiger partial charge in [0.2, 0.25) is 0 Å². The van der Waals surface area contributed by atoms with Crippen molar-refractivity contribution in [1.29, 1.82) is 0 Å². The number of nitrogens with zero attached hydrogens (tertiary/aromatic N) is 2. The van der Waals surface area contributed by atoms with Crippen molar-refractivity contribution in [3.63, 3.8) is 0 Å². The molecule has 2 heterocycles. The van der Waals surface area contributed by atoms with E-state index in [2.05, 4.69) is 16.7 Å². The first-order chi connectivity index (χ1) is 8.74. The zero-order valence-corrected chi connectivity index (χ0v) is 11.7. The average Bonchev–Trinajstić information content (AvgIpc) is 2.95. The Bertz CT molecular complexity index is 284. The van der Waals surface area contributed by atoms with Crippen LogP contribution in [0, 0.1) is 5.92 Å². The van der Waals surface area contributed by atoms with Crippen LogP contribution in [0.15, 0.2) is 0 Å². The van der Waals surface area contributed by atoms with Crippen LogP contribution in [0.2, 0.25) is 0 Å². The Kier molecular flexibility index (Phi) is 3.92. The molecule has 2 saturated heterocycles. The molecule has 0 aromatic carbocycles. The summed E-state index contributed by atoms with van der Waals surface area (Å²) in [5, 5.41) is 9.91. The van der Waals surface area contributed by atoms with Crippen molar-refractivity contribution in [2.45, 2.75) is 63.6 Å². The van der Waals surface area contributed by atoms with Crippen molar-refractivity contribution >= 4 is 0 Å². The van der Waals surface area contributed by atoms with E-state index in [1.807, 2.05) is 0 Å². The van der Waals surface area contributed by atoms with E-state index in [0.29, 0.717) is 12.0 Å². The van der Waals surface area contributed by atoms with Crippen LogP contribution in [0.25, 0.3) is 0 Å². The minimum atomic E-state index is -0.00641. The van der Waals surface area contributed by atoms with E-state index in [0.717, 1.165) is 12.5 Å². The quantitative estimate of drug-likeness (QED) is 0.828. The molecule has 1 aliphatic carbocycles. The molecular formula is C15H28N2O. The lowest BCUT2D eigenvalue weighted by Crippen LogP contribution is -2.55. The lowest BCUT2D eigenvalue weighted by Gasteiger charge is -2.42. The van der Waals surface area contributed by atoms with Crippen LogP contribution >= 0.6 is 0 Å². The maximum atomic E-state index is 9.91. The molecule has 104 valence electrons. The summed E-state index contributed by atoms with van der Waals surface area (Å²) < 4.78 is 0. The molecule has 0 amide bonds. The predicted octanol–water partition coefficient (Wildman–Crippen LogP) is 1.71. The van der Waals surface area contributed by atoms with Gasteiger partial charge in [-0.05, 0) is 58.0 Å². The zero-order valence-electron chi connectivity index (χ0n) is 11.7. The number of rotatable bonds is 3. The van der Waals surface area contributed by atoms with Crippen LogP contribution in [-0.2, 0) is 0 Å². The van der Waals surface area contributed by atoms with Crippen molar-refractivity contribution in [2.75, 3.05) is 26.2 Å². The Labute approximate surface area is 111 Å². The average molecular weight is 252 g/mol. The molecule has 3 heteroatoms. The van der Waals surface area contributed by atoms with Crippen molar-refractivity contribution in [3.05, 3.63) is 0 Å². The van der Waals surface area contributed by atoms with Gasteiger partial charge in [-0.15, -0.1) is 0 Å². The largest absolute Gasteiger partial charge is 0.393 e. The Morgan fingerprint density at radius 3 is 2.78 bits per heavy atom. The fraction of sp³-hybridized carbons (Fsp3) is 1.00. The number of fused-ring (bicyclic) bond motifs is 1. The fourth-order valence-electron chi connectivity index (χ4n) is 4.25. The van der Waals surface area contributed by atoms with Crippen LogP contribution in [-0.4, -0.2) is 59.3 Å². The van der Waals surface area contributed by atoms with Crippen LogP contribution < -0.4 is 0 Å². The number of piperazine rings is 1. The highest BCUT2D eigenvalue weighted by atomic mass is 16.3.